The summed E-state index contributed by atoms with van der Waals surface area (Å²) in [5.41, 5.74) is 16.4. The quantitative estimate of drug-likeness (QED) is 0.0889. The van der Waals surface area contributed by atoms with Crippen LogP contribution in [0.1, 0.15) is 65.2 Å². The first kappa shape index (κ1) is 32.7. The Labute approximate surface area is 210 Å². The predicted molar refractivity (Wildman–Crippen MR) is 129 cm³/mol. The standard InChI is InChI=1S/C22H40N6O8/c1-12(2)11-16(22(35)36)28-20(33)14(5-3-4-10-23)27-21(34)15(7-8-17(25)29)26-19(32)13(24)6-9-18(30)31/h12-16H,3-11,23-24H2,1-2H3,(H2,25,29)(H,26,32)(H,27,34)(H,28,33)(H,30,31)(H,35,36). The minimum absolute atomic E-state index is 0.0181. The topological polar surface area (TPSA) is 257 Å². The van der Waals surface area contributed by atoms with Crippen LogP contribution < -0.4 is 33.2 Å². The monoisotopic (exact) mass is 516 g/mol. The van der Waals surface area contributed by atoms with E-state index in [1.165, 1.54) is 0 Å². The molecule has 0 aliphatic carbocycles. The number of hydrogen-bond donors (Lipinski definition) is 8. The molecule has 36 heavy (non-hydrogen) atoms. The van der Waals surface area contributed by atoms with Gasteiger partial charge in [0.05, 0.1) is 6.04 Å². The van der Waals surface area contributed by atoms with Gasteiger partial charge in [-0.15, -0.1) is 0 Å². The first-order valence-corrected chi connectivity index (χ1v) is 11.9. The number of unbranched alkanes of at least 4 members (excludes halogenated alkanes) is 1. The Kier molecular flexibility index (Phi) is 15.7. The Hall–Kier alpha value is -3.26. The van der Waals surface area contributed by atoms with Gasteiger partial charge in [0.2, 0.25) is 23.6 Å². The Bertz CT molecular complexity index is 776. The zero-order chi connectivity index (χ0) is 27.8. The van der Waals surface area contributed by atoms with Crippen LogP contribution in [-0.4, -0.2) is 76.5 Å². The smallest absolute Gasteiger partial charge is 0.326 e. The number of carbonyl (C=O) groups excluding carboxylic acids is 4. The number of nitrogens with one attached hydrogen (secondary N) is 3. The summed E-state index contributed by atoms with van der Waals surface area (Å²) in [6, 6.07) is -4.81. The summed E-state index contributed by atoms with van der Waals surface area (Å²) in [5, 5.41) is 25.5. The van der Waals surface area contributed by atoms with Gasteiger partial charge >= 0.3 is 11.9 Å². The molecule has 4 amide bonds. The van der Waals surface area contributed by atoms with Gasteiger partial charge < -0.3 is 43.4 Å². The van der Waals surface area contributed by atoms with E-state index >= 15 is 0 Å². The van der Waals surface area contributed by atoms with Crippen molar-refractivity contribution in [2.75, 3.05) is 6.54 Å². The summed E-state index contributed by atoms with van der Waals surface area (Å²) >= 11 is 0. The highest BCUT2D eigenvalue weighted by Gasteiger charge is 2.30. The molecule has 0 bridgehead atoms. The van der Waals surface area contributed by atoms with Crippen molar-refractivity contribution in [3.8, 4) is 0 Å². The zero-order valence-corrected chi connectivity index (χ0v) is 20.8. The number of amides is 4. The van der Waals surface area contributed by atoms with Crippen molar-refractivity contribution in [2.24, 2.45) is 23.1 Å². The fourth-order valence-electron chi connectivity index (χ4n) is 3.24. The summed E-state index contributed by atoms with van der Waals surface area (Å²) in [4.78, 5) is 71.8. The first-order chi connectivity index (χ1) is 16.8. The number of rotatable bonds is 19. The van der Waals surface area contributed by atoms with Crippen LogP contribution >= 0.6 is 0 Å². The second kappa shape index (κ2) is 17.2. The maximum atomic E-state index is 13.0. The molecule has 0 aliphatic rings. The molecule has 14 nitrogen and oxygen atoms in total. The average molecular weight is 517 g/mol. The van der Waals surface area contributed by atoms with Crippen LogP contribution in [0.4, 0.5) is 0 Å². The molecule has 4 atom stereocenters. The summed E-state index contributed by atoms with van der Waals surface area (Å²) in [6.45, 7) is 3.95. The van der Waals surface area contributed by atoms with Gasteiger partial charge in [0.25, 0.3) is 0 Å². The molecule has 0 spiro atoms. The molecule has 0 rings (SSSR count). The Morgan fingerprint density at radius 3 is 1.75 bits per heavy atom. The van der Waals surface area contributed by atoms with Gasteiger partial charge in [0, 0.05) is 12.8 Å². The average Bonchev–Trinajstić information content (AvgIpc) is 2.78. The van der Waals surface area contributed by atoms with Crippen molar-refractivity contribution in [2.45, 2.75) is 89.4 Å². The van der Waals surface area contributed by atoms with Crippen LogP contribution in [0, 0.1) is 5.92 Å². The number of carboxylic acids is 2. The van der Waals surface area contributed by atoms with E-state index in [4.69, 9.17) is 22.3 Å². The highest BCUT2D eigenvalue weighted by Crippen LogP contribution is 2.09. The van der Waals surface area contributed by atoms with Gasteiger partial charge in [0.15, 0.2) is 0 Å². The molecule has 0 radical (unpaired) electrons. The lowest BCUT2D eigenvalue weighted by molar-refractivity contribution is -0.143. The van der Waals surface area contributed by atoms with Crippen LogP contribution in [0.5, 0.6) is 0 Å². The number of carbonyl (C=O) groups is 6. The minimum atomic E-state index is -1.29. The van der Waals surface area contributed by atoms with Crippen molar-refractivity contribution in [3.63, 3.8) is 0 Å². The normalized spacial score (nSPS) is 14.2. The largest absolute Gasteiger partial charge is 0.481 e. The molecule has 0 saturated carbocycles. The molecular weight excluding hydrogens is 476 g/mol. The lowest BCUT2D eigenvalue weighted by atomic mass is 10.0. The fraction of sp³-hybridized carbons (Fsp3) is 0.727. The van der Waals surface area contributed by atoms with Gasteiger partial charge in [-0.2, -0.15) is 0 Å². The van der Waals surface area contributed by atoms with Crippen molar-refractivity contribution < 1.29 is 39.0 Å². The van der Waals surface area contributed by atoms with Crippen LogP contribution in [0.2, 0.25) is 0 Å². The molecule has 0 aromatic rings. The highest BCUT2D eigenvalue weighted by atomic mass is 16.4. The molecular formula is C22H40N6O8. The van der Waals surface area contributed by atoms with Gasteiger partial charge in [0.1, 0.15) is 18.1 Å². The Morgan fingerprint density at radius 2 is 1.28 bits per heavy atom. The molecule has 206 valence electrons. The molecule has 0 heterocycles. The summed E-state index contributed by atoms with van der Waals surface area (Å²) in [6.07, 6.45) is 0.332. The molecule has 0 saturated heterocycles. The number of aliphatic carboxylic acids is 2. The third-order valence-corrected chi connectivity index (χ3v) is 5.22. The van der Waals surface area contributed by atoms with Gasteiger partial charge in [-0.05, 0) is 51.0 Å². The van der Waals surface area contributed by atoms with E-state index < -0.39 is 59.7 Å². The SMILES string of the molecule is CC(C)CC(NC(=O)C(CCCCN)NC(=O)C(CCC(N)=O)NC(=O)C(N)CCC(=O)O)C(=O)O. The number of primary amides is 1. The van der Waals surface area contributed by atoms with Crippen LogP contribution in [0.3, 0.4) is 0 Å². The van der Waals surface area contributed by atoms with Crippen molar-refractivity contribution in [1.82, 2.24) is 16.0 Å². The second-order valence-electron chi connectivity index (χ2n) is 8.98. The molecule has 14 heteroatoms. The van der Waals surface area contributed by atoms with E-state index in [2.05, 4.69) is 16.0 Å². The summed E-state index contributed by atoms with van der Waals surface area (Å²) in [5.74, 6) is -5.45. The van der Waals surface area contributed by atoms with Gasteiger partial charge in [-0.25, -0.2) is 4.79 Å². The molecule has 11 N–H and O–H groups in total. The Morgan fingerprint density at radius 1 is 0.750 bits per heavy atom. The van der Waals surface area contributed by atoms with E-state index in [-0.39, 0.29) is 44.4 Å². The highest BCUT2D eigenvalue weighted by molar-refractivity contribution is 5.94. The summed E-state index contributed by atoms with van der Waals surface area (Å²) in [7, 11) is 0. The van der Waals surface area contributed by atoms with E-state index in [1.807, 2.05) is 0 Å². The molecule has 0 aromatic heterocycles. The molecule has 0 fully saturated rings. The first-order valence-electron chi connectivity index (χ1n) is 11.9. The van der Waals surface area contributed by atoms with Crippen LogP contribution in [0.25, 0.3) is 0 Å². The van der Waals surface area contributed by atoms with E-state index in [9.17, 15) is 33.9 Å². The minimum Gasteiger partial charge on any atom is -0.481 e. The molecule has 0 aliphatic heterocycles. The van der Waals surface area contributed by atoms with Gasteiger partial charge in [-0.3, -0.25) is 24.0 Å². The van der Waals surface area contributed by atoms with Crippen molar-refractivity contribution >= 4 is 35.6 Å². The molecule has 4 unspecified atom stereocenters. The number of carboxylic acid groups (broad SMARTS) is 2. The third kappa shape index (κ3) is 14.2. The third-order valence-electron chi connectivity index (χ3n) is 5.22. The lowest BCUT2D eigenvalue weighted by Gasteiger charge is -2.25. The number of nitrogens with two attached hydrogens (primary N) is 3. The lowest BCUT2D eigenvalue weighted by Crippen LogP contribution is -2.57. The zero-order valence-electron chi connectivity index (χ0n) is 20.8. The van der Waals surface area contributed by atoms with Crippen molar-refractivity contribution in [1.29, 1.82) is 0 Å². The molecule has 0 aromatic carbocycles. The van der Waals surface area contributed by atoms with E-state index in [1.54, 1.807) is 13.8 Å². The maximum Gasteiger partial charge on any atom is 0.326 e. The Balaban J connectivity index is 5.57. The van der Waals surface area contributed by atoms with E-state index in [0.717, 1.165) is 0 Å². The number of hydrogen-bond acceptors (Lipinski definition) is 8. The van der Waals surface area contributed by atoms with Gasteiger partial charge in [-0.1, -0.05) is 13.8 Å². The van der Waals surface area contributed by atoms with Crippen molar-refractivity contribution in [3.05, 3.63) is 0 Å². The predicted octanol–water partition coefficient (Wildman–Crippen LogP) is -1.84. The second-order valence-corrected chi connectivity index (χ2v) is 8.98. The maximum absolute atomic E-state index is 13.0. The fourth-order valence-corrected chi connectivity index (χ4v) is 3.24. The van der Waals surface area contributed by atoms with Crippen LogP contribution in [0.15, 0.2) is 0 Å². The van der Waals surface area contributed by atoms with E-state index in [0.29, 0.717) is 19.4 Å². The van der Waals surface area contributed by atoms with Crippen LogP contribution in [-0.2, 0) is 28.8 Å². The summed E-state index contributed by atoms with van der Waals surface area (Å²) < 4.78 is 0.